The molecule has 162 valence electrons. The van der Waals surface area contributed by atoms with Crippen LogP contribution >= 0.6 is 0 Å². The normalized spacial score (nSPS) is 11.6. The third kappa shape index (κ3) is 5.71. The first kappa shape index (κ1) is 22.5. The maximum atomic E-state index is 12.6. The Kier molecular flexibility index (Phi) is 6.77. The molecule has 0 aliphatic heterocycles. The van der Waals surface area contributed by atoms with Crippen LogP contribution in [0.2, 0.25) is 0 Å². The molecule has 0 saturated carbocycles. The first-order valence-corrected chi connectivity index (χ1v) is 12.5. The molecule has 0 spiro atoms. The van der Waals surface area contributed by atoms with Crippen molar-refractivity contribution in [2.24, 2.45) is 0 Å². The van der Waals surface area contributed by atoms with E-state index < -0.39 is 26.0 Å². The Hall–Kier alpha value is -3.17. The average molecular weight is 459 g/mol. The second-order valence-corrected chi connectivity index (χ2v) is 10.2. The quantitative estimate of drug-likeness (QED) is 0.536. The number of hydrogen-bond acceptors (Lipinski definition) is 5. The van der Waals surface area contributed by atoms with Crippen molar-refractivity contribution in [3.8, 4) is 0 Å². The summed E-state index contributed by atoms with van der Waals surface area (Å²) < 4.78 is 54.4. The van der Waals surface area contributed by atoms with Gasteiger partial charge in [-0.15, -0.1) is 0 Å². The van der Waals surface area contributed by atoms with Gasteiger partial charge in [0.15, 0.2) is 0 Å². The average Bonchev–Trinajstić information content (AvgIpc) is 2.75. The minimum Gasteiger partial charge on any atom is -0.280 e. The number of benzene rings is 3. The van der Waals surface area contributed by atoms with Crippen LogP contribution in [-0.4, -0.2) is 22.7 Å². The molecule has 0 unspecified atom stereocenters. The highest BCUT2D eigenvalue weighted by Gasteiger charge is 2.19. The van der Waals surface area contributed by atoms with Crippen molar-refractivity contribution < 1.29 is 21.6 Å². The van der Waals surface area contributed by atoms with Crippen molar-refractivity contribution in [1.29, 1.82) is 0 Å². The van der Waals surface area contributed by atoms with Gasteiger partial charge in [-0.1, -0.05) is 43.7 Å². The number of hydrogen-bond donors (Lipinski definition) is 2. The molecule has 3 rings (SSSR count). The number of amides is 1. The number of sulfonamides is 2. The molecule has 0 bridgehead atoms. The third-order valence-corrected chi connectivity index (χ3v) is 7.20. The molecule has 1 amide bonds. The minimum atomic E-state index is -4.11. The van der Waals surface area contributed by atoms with Gasteiger partial charge in [-0.3, -0.25) is 9.52 Å². The van der Waals surface area contributed by atoms with Crippen LogP contribution in [0.3, 0.4) is 0 Å². The Morgan fingerprint density at radius 1 is 0.742 bits per heavy atom. The van der Waals surface area contributed by atoms with E-state index in [1.165, 1.54) is 48.5 Å². The monoisotopic (exact) mass is 458 g/mol. The lowest BCUT2D eigenvalue weighted by Crippen LogP contribution is -2.30. The topological polar surface area (TPSA) is 109 Å². The van der Waals surface area contributed by atoms with Crippen molar-refractivity contribution >= 4 is 31.6 Å². The summed E-state index contributed by atoms with van der Waals surface area (Å²) in [5.41, 5.74) is 1.46. The lowest BCUT2D eigenvalue weighted by Gasteiger charge is -2.10. The molecule has 3 aromatic rings. The van der Waals surface area contributed by atoms with E-state index in [4.69, 9.17) is 0 Å². The number of nitrogens with one attached hydrogen (secondary N) is 2. The van der Waals surface area contributed by atoms with Crippen molar-refractivity contribution in [2.45, 2.75) is 29.6 Å². The van der Waals surface area contributed by atoms with E-state index in [1.54, 1.807) is 30.3 Å². The van der Waals surface area contributed by atoms with E-state index in [0.29, 0.717) is 0 Å². The van der Waals surface area contributed by atoms with Crippen LogP contribution < -0.4 is 9.44 Å². The van der Waals surface area contributed by atoms with E-state index >= 15 is 0 Å². The van der Waals surface area contributed by atoms with Gasteiger partial charge in [-0.05, 0) is 60.5 Å². The summed E-state index contributed by atoms with van der Waals surface area (Å²) in [6, 6.07) is 19.7. The second kappa shape index (κ2) is 9.32. The number of carbonyl (C=O) groups is 1. The molecule has 0 aromatic heterocycles. The Morgan fingerprint density at radius 3 is 1.87 bits per heavy atom. The van der Waals surface area contributed by atoms with Crippen LogP contribution in [0, 0.1) is 0 Å². The predicted molar refractivity (Wildman–Crippen MR) is 119 cm³/mol. The molecule has 2 N–H and O–H groups in total. The highest BCUT2D eigenvalue weighted by atomic mass is 32.2. The molecule has 0 atom stereocenters. The zero-order valence-electron chi connectivity index (χ0n) is 16.8. The largest absolute Gasteiger partial charge is 0.280 e. The van der Waals surface area contributed by atoms with Crippen molar-refractivity contribution in [2.75, 3.05) is 4.72 Å². The number of aryl methyl sites for hydroxylation is 1. The molecule has 0 aliphatic rings. The molecule has 3 aromatic carbocycles. The van der Waals surface area contributed by atoms with Gasteiger partial charge < -0.3 is 0 Å². The van der Waals surface area contributed by atoms with Gasteiger partial charge in [0.05, 0.1) is 9.79 Å². The van der Waals surface area contributed by atoms with Gasteiger partial charge in [-0.25, -0.2) is 21.6 Å². The zero-order valence-corrected chi connectivity index (χ0v) is 18.4. The Morgan fingerprint density at radius 2 is 1.29 bits per heavy atom. The number of anilines is 1. The smallest absolute Gasteiger partial charge is 0.264 e. The zero-order chi connectivity index (χ0) is 22.5. The highest BCUT2D eigenvalue weighted by molar-refractivity contribution is 7.92. The second-order valence-electron chi connectivity index (χ2n) is 6.82. The Bertz CT molecular complexity index is 1250. The van der Waals surface area contributed by atoms with E-state index in [0.717, 1.165) is 18.4 Å². The standard InChI is InChI=1S/C22H22N2O5S2/c1-2-6-17-9-13-20(14-10-17)30(26,27)23-19-11-15-21(16-12-19)31(28,29)24-22(25)18-7-4-3-5-8-18/h3-5,7-16,23H,2,6H2,1H3,(H,24,25). The summed E-state index contributed by atoms with van der Waals surface area (Å²) in [5.74, 6) is -0.753. The SMILES string of the molecule is CCCc1ccc(S(=O)(=O)Nc2ccc(S(=O)(=O)NC(=O)c3ccccc3)cc2)cc1. The summed E-state index contributed by atoms with van der Waals surface area (Å²) >= 11 is 0. The van der Waals surface area contributed by atoms with Crippen molar-refractivity contribution in [1.82, 2.24) is 4.72 Å². The minimum absolute atomic E-state index is 0.110. The van der Waals surface area contributed by atoms with Crippen LogP contribution in [0.15, 0.2) is 88.7 Å². The van der Waals surface area contributed by atoms with Gasteiger partial charge in [0.25, 0.3) is 26.0 Å². The van der Waals surface area contributed by atoms with Crippen LogP contribution in [0.5, 0.6) is 0 Å². The molecule has 0 saturated heterocycles. The lowest BCUT2D eigenvalue weighted by molar-refractivity contribution is 0.0981. The van der Waals surface area contributed by atoms with Crippen LogP contribution in [0.4, 0.5) is 5.69 Å². The third-order valence-electron chi connectivity index (χ3n) is 4.45. The van der Waals surface area contributed by atoms with Crippen molar-refractivity contribution in [3.63, 3.8) is 0 Å². The Balaban J connectivity index is 1.72. The molecule has 0 aliphatic carbocycles. The molecule has 31 heavy (non-hydrogen) atoms. The van der Waals surface area contributed by atoms with E-state index in [-0.39, 0.29) is 21.0 Å². The first-order valence-electron chi connectivity index (χ1n) is 9.55. The van der Waals surface area contributed by atoms with Gasteiger partial charge >= 0.3 is 0 Å². The molecular weight excluding hydrogens is 436 g/mol. The fraction of sp³-hybridized carbons (Fsp3) is 0.136. The summed E-state index contributed by atoms with van der Waals surface area (Å²) in [4.78, 5) is 12.1. The lowest BCUT2D eigenvalue weighted by atomic mass is 10.1. The van der Waals surface area contributed by atoms with Gasteiger partial charge in [0.2, 0.25) is 0 Å². The maximum absolute atomic E-state index is 12.6. The Labute approximate surface area is 182 Å². The van der Waals surface area contributed by atoms with E-state index in [9.17, 15) is 21.6 Å². The molecular formula is C22H22N2O5S2. The summed E-state index contributed by atoms with van der Waals surface area (Å²) in [6.45, 7) is 2.04. The molecule has 9 heteroatoms. The van der Waals surface area contributed by atoms with Gasteiger partial charge in [-0.2, -0.15) is 0 Å². The highest BCUT2D eigenvalue weighted by Crippen LogP contribution is 2.19. The molecule has 0 radical (unpaired) electrons. The predicted octanol–water partition coefficient (Wildman–Crippen LogP) is 3.56. The van der Waals surface area contributed by atoms with Gasteiger partial charge in [0, 0.05) is 11.3 Å². The fourth-order valence-electron chi connectivity index (χ4n) is 2.87. The number of carbonyl (C=O) groups excluding carboxylic acids is 1. The molecule has 0 fully saturated rings. The number of rotatable bonds is 8. The fourth-order valence-corrected chi connectivity index (χ4v) is 4.90. The van der Waals surface area contributed by atoms with E-state index in [1.807, 2.05) is 11.6 Å². The van der Waals surface area contributed by atoms with Gasteiger partial charge in [0.1, 0.15) is 0 Å². The molecule has 7 nitrogen and oxygen atoms in total. The first-order chi connectivity index (χ1) is 14.7. The summed E-state index contributed by atoms with van der Waals surface area (Å²) in [5, 5.41) is 0. The van der Waals surface area contributed by atoms with Crippen LogP contribution in [-0.2, 0) is 26.5 Å². The van der Waals surface area contributed by atoms with Crippen molar-refractivity contribution in [3.05, 3.63) is 90.0 Å². The van der Waals surface area contributed by atoms with Crippen LogP contribution in [0.25, 0.3) is 0 Å². The summed E-state index contributed by atoms with van der Waals surface area (Å²) in [6.07, 6.45) is 1.83. The van der Waals surface area contributed by atoms with Crippen LogP contribution in [0.1, 0.15) is 29.3 Å². The summed E-state index contributed by atoms with van der Waals surface area (Å²) in [7, 11) is -7.92. The van der Waals surface area contributed by atoms with E-state index in [2.05, 4.69) is 4.72 Å². The maximum Gasteiger partial charge on any atom is 0.264 e. The molecule has 0 heterocycles.